The van der Waals surface area contributed by atoms with Crippen LogP contribution < -0.4 is 5.32 Å². The van der Waals surface area contributed by atoms with Crippen molar-refractivity contribution in [1.29, 1.82) is 0 Å². The predicted octanol–water partition coefficient (Wildman–Crippen LogP) is 4.59. The minimum atomic E-state index is -3.54. The van der Waals surface area contributed by atoms with Gasteiger partial charge < -0.3 is 5.32 Å². The first-order valence-electron chi connectivity index (χ1n) is 10.6. The molecule has 0 aromatic heterocycles. The van der Waals surface area contributed by atoms with Crippen LogP contribution in [0.25, 0.3) is 0 Å². The number of hydrogen-bond acceptors (Lipinski definition) is 3. The second-order valence-electron chi connectivity index (χ2n) is 8.95. The number of nitrogens with zero attached hydrogens (tertiary/aromatic N) is 1. The second-order valence-corrected chi connectivity index (χ2v) is 10.9. The summed E-state index contributed by atoms with van der Waals surface area (Å²) in [5.74, 6) is -0.202. The van der Waals surface area contributed by atoms with E-state index < -0.39 is 10.0 Å². The van der Waals surface area contributed by atoms with Crippen molar-refractivity contribution in [2.45, 2.75) is 57.3 Å². The number of anilines is 1. The van der Waals surface area contributed by atoms with Crippen LogP contribution in [-0.4, -0.2) is 31.7 Å². The maximum absolute atomic E-state index is 13.0. The molecule has 0 unspecified atom stereocenters. The van der Waals surface area contributed by atoms with Gasteiger partial charge >= 0.3 is 0 Å². The molecule has 30 heavy (non-hydrogen) atoms. The van der Waals surface area contributed by atoms with Crippen molar-refractivity contribution in [2.75, 3.05) is 18.4 Å². The Morgan fingerprint density at radius 2 is 1.63 bits per heavy atom. The van der Waals surface area contributed by atoms with Crippen LogP contribution >= 0.6 is 0 Å². The predicted molar refractivity (Wildman–Crippen MR) is 121 cm³/mol. The standard InChI is InChI=1S/C24H32N2O3S/c1-5-18-8-6-7-9-22(18)25-23(27)19-14-16-26(17-15-19)30(28,29)21-12-10-20(11-13-21)24(2,3)4/h6-13,19H,5,14-17H2,1-4H3,(H,25,27). The molecule has 1 aliphatic heterocycles. The van der Waals surface area contributed by atoms with E-state index in [2.05, 4.69) is 33.0 Å². The largest absolute Gasteiger partial charge is 0.326 e. The molecule has 1 aliphatic rings. The van der Waals surface area contributed by atoms with E-state index in [0.29, 0.717) is 30.8 Å². The number of para-hydroxylation sites is 1. The summed E-state index contributed by atoms with van der Waals surface area (Å²) in [6, 6.07) is 15.0. The Kier molecular flexibility index (Phi) is 6.68. The summed E-state index contributed by atoms with van der Waals surface area (Å²) in [4.78, 5) is 13.0. The Morgan fingerprint density at radius 3 is 2.20 bits per heavy atom. The quantitative estimate of drug-likeness (QED) is 0.758. The highest BCUT2D eigenvalue weighted by Crippen LogP contribution is 2.28. The topological polar surface area (TPSA) is 66.5 Å². The van der Waals surface area contributed by atoms with Crippen molar-refractivity contribution in [1.82, 2.24) is 4.31 Å². The molecular formula is C24H32N2O3S. The van der Waals surface area contributed by atoms with Crippen LogP contribution in [0.5, 0.6) is 0 Å². The SMILES string of the molecule is CCc1ccccc1NC(=O)C1CCN(S(=O)(=O)c2ccc(C(C)(C)C)cc2)CC1. The van der Waals surface area contributed by atoms with Gasteiger partial charge in [0.1, 0.15) is 0 Å². The van der Waals surface area contributed by atoms with Gasteiger partial charge in [0.15, 0.2) is 0 Å². The zero-order valence-electron chi connectivity index (χ0n) is 18.3. The number of aryl methyl sites for hydroxylation is 1. The molecule has 5 nitrogen and oxygen atoms in total. The van der Waals surface area contributed by atoms with E-state index >= 15 is 0 Å². The van der Waals surface area contributed by atoms with E-state index in [0.717, 1.165) is 23.2 Å². The molecule has 1 N–H and O–H groups in total. The van der Waals surface area contributed by atoms with Crippen molar-refractivity contribution in [2.24, 2.45) is 5.92 Å². The summed E-state index contributed by atoms with van der Waals surface area (Å²) in [6.45, 7) is 9.08. The van der Waals surface area contributed by atoms with E-state index in [1.54, 1.807) is 12.1 Å². The molecule has 1 heterocycles. The van der Waals surface area contributed by atoms with Crippen LogP contribution in [0.1, 0.15) is 51.7 Å². The van der Waals surface area contributed by atoms with Crippen LogP contribution in [0.3, 0.4) is 0 Å². The van der Waals surface area contributed by atoms with Crippen molar-refractivity contribution in [3.05, 3.63) is 59.7 Å². The van der Waals surface area contributed by atoms with Crippen molar-refractivity contribution < 1.29 is 13.2 Å². The third-order valence-corrected chi connectivity index (χ3v) is 7.75. The van der Waals surface area contributed by atoms with E-state index in [1.807, 2.05) is 36.4 Å². The van der Waals surface area contributed by atoms with Crippen LogP contribution in [-0.2, 0) is 26.7 Å². The fourth-order valence-electron chi connectivity index (χ4n) is 3.82. The van der Waals surface area contributed by atoms with Gasteiger partial charge in [0, 0.05) is 24.7 Å². The number of sulfonamides is 1. The zero-order valence-corrected chi connectivity index (χ0v) is 19.1. The Labute approximate surface area is 180 Å². The molecule has 0 bridgehead atoms. The van der Waals surface area contributed by atoms with Gasteiger partial charge in [0.25, 0.3) is 0 Å². The van der Waals surface area contributed by atoms with Crippen molar-refractivity contribution in [3.8, 4) is 0 Å². The number of carbonyl (C=O) groups is 1. The Hall–Kier alpha value is -2.18. The van der Waals surface area contributed by atoms with Crippen molar-refractivity contribution >= 4 is 21.6 Å². The fourth-order valence-corrected chi connectivity index (χ4v) is 5.29. The molecular weight excluding hydrogens is 396 g/mol. The Balaban J connectivity index is 1.63. The minimum Gasteiger partial charge on any atom is -0.326 e. The smallest absolute Gasteiger partial charge is 0.243 e. The summed E-state index contributed by atoms with van der Waals surface area (Å²) in [6.07, 6.45) is 1.90. The highest BCUT2D eigenvalue weighted by atomic mass is 32.2. The summed E-state index contributed by atoms with van der Waals surface area (Å²) >= 11 is 0. The van der Waals surface area contributed by atoms with Crippen LogP contribution in [0.15, 0.2) is 53.4 Å². The van der Waals surface area contributed by atoms with E-state index in [-0.39, 0.29) is 17.2 Å². The molecule has 3 rings (SSSR count). The maximum atomic E-state index is 13.0. The normalized spacial score (nSPS) is 16.4. The molecule has 1 amide bonds. The fraction of sp³-hybridized carbons (Fsp3) is 0.458. The molecule has 2 aromatic carbocycles. The number of amides is 1. The van der Waals surface area contributed by atoms with Gasteiger partial charge in [-0.05, 0) is 54.0 Å². The summed E-state index contributed by atoms with van der Waals surface area (Å²) in [7, 11) is -3.54. The Bertz CT molecular complexity index is 984. The number of nitrogens with one attached hydrogen (secondary N) is 1. The number of hydrogen-bond donors (Lipinski definition) is 1. The van der Waals surface area contributed by atoms with Gasteiger partial charge in [-0.25, -0.2) is 8.42 Å². The highest BCUT2D eigenvalue weighted by molar-refractivity contribution is 7.89. The van der Waals surface area contributed by atoms with Gasteiger partial charge in [0.05, 0.1) is 4.90 Å². The van der Waals surface area contributed by atoms with Gasteiger partial charge in [0.2, 0.25) is 15.9 Å². The summed E-state index contributed by atoms with van der Waals surface area (Å²) in [5.41, 5.74) is 3.03. The van der Waals surface area contributed by atoms with Gasteiger partial charge in [-0.2, -0.15) is 4.31 Å². The summed E-state index contributed by atoms with van der Waals surface area (Å²) in [5, 5.41) is 3.03. The van der Waals surface area contributed by atoms with E-state index in [4.69, 9.17) is 0 Å². The lowest BCUT2D eigenvalue weighted by molar-refractivity contribution is -0.120. The summed E-state index contributed by atoms with van der Waals surface area (Å²) < 4.78 is 27.6. The second kappa shape index (κ2) is 8.90. The van der Waals surface area contributed by atoms with Crippen molar-refractivity contribution in [3.63, 3.8) is 0 Å². The molecule has 0 saturated carbocycles. The lowest BCUT2D eigenvalue weighted by Gasteiger charge is -2.31. The molecule has 162 valence electrons. The third-order valence-electron chi connectivity index (χ3n) is 5.84. The van der Waals surface area contributed by atoms with Gasteiger partial charge in [-0.3, -0.25) is 4.79 Å². The molecule has 0 atom stereocenters. The molecule has 1 saturated heterocycles. The highest BCUT2D eigenvalue weighted by Gasteiger charge is 2.32. The first-order valence-corrected chi connectivity index (χ1v) is 12.1. The average Bonchev–Trinajstić information content (AvgIpc) is 2.73. The van der Waals surface area contributed by atoms with Gasteiger partial charge in [-0.1, -0.05) is 58.0 Å². The average molecular weight is 429 g/mol. The molecule has 0 radical (unpaired) electrons. The third kappa shape index (κ3) is 4.93. The molecule has 2 aromatic rings. The molecule has 0 aliphatic carbocycles. The lowest BCUT2D eigenvalue weighted by atomic mass is 9.87. The first kappa shape index (κ1) is 22.5. The molecule has 1 fully saturated rings. The first-order chi connectivity index (χ1) is 14.1. The van der Waals surface area contributed by atoms with Crippen LogP contribution in [0.4, 0.5) is 5.69 Å². The number of benzene rings is 2. The maximum Gasteiger partial charge on any atom is 0.243 e. The monoisotopic (exact) mass is 428 g/mol. The number of rotatable bonds is 5. The van der Waals surface area contributed by atoms with Crippen LogP contribution in [0.2, 0.25) is 0 Å². The Morgan fingerprint density at radius 1 is 1.03 bits per heavy atom. The lowest BCUT2D eigenvalue weighted by Crippen LogP contribution is -2.41. The minimum absolute atomic E-state index is 0.0234. The van der Waals surface area contributed by atoms with E-state index in [1.165, 1.54) is 4.31 Å². The zero-order chi connectivity index (χ0) is 21.9. The molecule has 6 heteroatoms. The van der Waals surface area contributed by atoms with Crippen LogP contribution in [0, 0.1) is 5.92 Å². The number of piperidine rings is 1. The van der Waals surface area contributed by atoms with Gasteiger partial charge in [-0.15, -0.1) is 0 Å². The molecule has 0 spiro atoms. The van der Waals surface area contributed by atoms with E-state index in [9.17, 15) is 13.2 Å². The number of carbonyl (C=O) groups excluding carboxylic acids is 1.